The summed E-state index contributed by atoms with van der Waals surface area (Å²) in [5.41, 5.74) is 2.02. The van der Waals surface area contributed by atoms with Gasteiger partial charge in [-0.2, -0.15) is 0 Å². The highest BCUT2D eigenvalue weighted by Crippen LogP contribution is 2.17. The molecular formula is C14H18N4O2. The molecule has 3 N–H and O–H groups in total. The largest absolute Gasteiger partial charge is 0.464 e. The number of H-pyrrole nitrogens is 1. The number of furan rings is 1. The molecular weight excluding hydrogens is 256 g/mol. The van der Waals surface area contributed by atoms with Crippen molar-refractivity contribution in [3.8, 4) is 0 Å². The SMILES string of the molecule is Cc1ccc(C(C)NC(=O)C2Cc3nc[nH]c3CN2)o1. The molecule has 0 radical (unpaired) electrons. The minimum Gasteiger partial charge on any atom is -0.464 e. The minimum absolute atomic E-state index is 0.0276. The predicted octanol–water partition coefficient (Wildman–Crippen LogP) is 1.20. The minimum atomic E-state index is -0.246. The van der Waals surface area contributed by atoms with Gasteiger partial charge in [0.15, 0.2) is 0 Å². The van der Waals surface area contributed by atoms with Gasteiger partial charge in [0.1, 0.15) is 11.5 Å². The molecule has 0 spiro atoms. The lowest BCUT2D eigenvalue weighted by Crippen LogP contribution is -2.48. The number of aromatic nitrogens is 2. The van der Waals surface area contributed by atoms with Gasteiger partial charge in [0.25, 0.3) is 0 Å². The van der Waals surface area contributed by atoms with E-state index in [-0.39, 0.29) is 18.0 Å². The van der Waals surface area contributed by atoms with Crippen molar-refractivity contribution in [1.82, 2.24) is 20.6 Å². The lowest BCUT2D eigenvalue weighted by molar-refractivity contribution is -0.124. The number of fused-ring (bicyclic) bond motifs is 1. The molecule has 6 nitrogen and oxygen atoms in total. The third kappa shape index (κ3) is 2.46. The quantitative estimate of drug-likeness (QED) is 0.785. The number of nitrogens with one attached hydrogen (secondary N) is 3. The van der Waals surface area contributed by atoms with Gasteiger partial charge in [-0.3, -0.25) is 10.1 Å². The highest BCUT2D eigenvalue weighted by atomic mass is 16.3. The maximum Gasteiger partial charge on any atom is 0.238 e. The second-order valence-electron chi connectivity index (χ2n) is 5.14. The van der Waals surface area contributed by atoms with Crippen LogP contribution in [0.2, 0.25) is 0 Å². The van der Waals surface area contributed by atoms with Crippen molar-refractivity contribution in [3.63, 3.8) is 0 Å². The highest BCUT2D eigenvalue weighted by molar-refractivity contribution is 5.82. The first-order valence-corrected chi connectivity index (χ1v) is 6.74. The van der Waals surface area contributed by atoms with Crippen LogP contribution in [0, 0.1) is 6.92 Å². The Morgan fingerprint density at radius 1 is 1.55 bits per heavy atom. The zero-order valence-corrected chi connectivity index (χ0v) is 11.6. The standard InChI is InChI=1S/C14H18N4O2/c1-8-3-4-13(20-8)9(2)18-14(19)11-5-10-12(6-15-11)17-7-16-10/h3-4,7,9,11,15H,5-6H2,1-2H3,(H,16,17)(H,18,19). The molecule has 0 saturated heterocycles. The number of rotatable bonds is 3. The third-order valence-corrected chi connectivity index (χ3v) is 3.59. The van der Waals surface area contributed by atoms with Gasteiger partial charge in [0.05, 0.1) is 29.8 Å². The Bertz CT molecular complexity index is 616. The molecule has 2 aromatic rings. The summed E-state index contributed by atoms with van der Waals surface area (Å²) in [5.74, 6) is 1.59. The molecule has 3 rings (SSSR count). The van der Waals surface area contributed by atoms with Gasteiger partial charge in [-0.15, -0.1) is 0 Å². The normalized spacial score (nSPS) is 19.4. The molecule has 106 valence electrons. The van der Waals surface area contributed by atoms with Crippen molar-refractivity contribution in [1.29, 1.82) is 0 Å². The van der Waals surface area contributed by atoms with E-state index in [0.717, 1.165) is 22.9 Å². The van der Waals surface area contributed by atoms with E-state index in [2.05, 4.69) is 20.6 Å². The molecule has 3 heterocycles. The van der Waals surface area contributed by atoms with E-state index < -0.39 is 0 Å². The summed E-state index contributed by atoms with van der Waals surface area (Å²) in [6.45, 7) is 4.44. The molecule has 1 aliphatic heterocycles. The zero-order chi connectivity index (χ0) is 14.1. The number of hydrogen-bond acceptors (Lipinski definition) is 4. The number of aromatic amines is 1. The second kappa shape index (κ2) is 5.13. The molecule has 0 fully saturated rings. The number of nitrogens with zero attached hydrogens (tertiary/aromatic N) is 1. The van der Waals surface area contributed by atoms with Crippen LogP contribution >= 0.6 is 0 Å². The summed E-state index contributed by atoms with van der Waals surface area (Å²) in [7, 11) is 0. The van der Waals surface area contributed by atoms with Crippen molar-refractivity contribution in [2.75, 3.05) is 0 Å². The van der Waals surface area contributed by atoms with Crippen LogP contribution in [-0.2, 0) is 17.8 Å². The van der Waals surface area contributed by atoms with E-state index in [9.17, 15) is 4.79 Å². The van der Waals surface area contributed by atoms with Crippen LogP contribution in [0.5, 0.6) is 0 Å². The van der Waals surface area contributed by atoms with Crippen LogP contribution in [0.25, 0.3) is 0 Å². The fourth-order valence-electron chi connectivity index (χ4n) is 2.43. The first-order chi connectivity index (χ1) is 9.63. The number of aryl methyl sites for hydroxylation is 1. The molecule has 2 atom stereocenters. The van der Waals surface area contributed by atoms with Crippen molar-refractivity contribution >= 4 is 5.91 Å². The molecule has 1 amide bonds. The Hall–Kier alpha value is -2.08. The van der Waals surface area contributed by atoms with Crippen molar-refractivity contribution in [2.24, 2.45) is 0 Å². The maximum absolute atomic E-state index is 12.3. The maximum atomic E-state index is 12.3. The first-order valence-electron chi connectivity index (χ1n) is 6.74. The van der Waals surface area contributed by atoms with Gasteiger partial charge in [-0.05, 0) is 26.0 Å². The lowest BCUT2D eigenvalue weighted by Gasteiger charge is -2.23. The van der Waals surface area contributed by atoms with E-state index in [0.29, 0.717) is 13.0 Å². The van der Waals surface area contributed by atoms with E-state index in [1.165, 1.54) is 0 Å². The Morgan fingerprint density at radius 2 is 2.40 bits per heavy atom. The molecule has 1 aliphatic rings. The van der Waals surface area contributed by atoms with E-state index in [1.54, 1.807) is 6.33 Å². The summed E-state index contributed by atoms with van der Waals surface area (Å²) < 4.78 is 5.52. The molecule has 6 heteroatoms. The van der Waals surface area contributed by atoms with E-state index in [4.69, 9.17) is 4.42 Å². The number of carbonyl (C=O) groups is 1. The Kier molecular flexibility index (Phi) is 3.31. The average molecular weight is 274 g/mol. The fourth-order valence-corrected chi connectivity index (χ4v) is 2.43. The highest BCUT2D eigenvalue weighted by Gasteiger charge is 2.27. The number of amides is 1. The summed E-state index contributed by atoms with van der Waals surface area (Å²) >= 11 is 0. The van der Waals surface area contributed by atoms with Gasteiger partial charge in [-0.1, -0.05) is 0 Å². The second-order valence-corrected chi connectivity index (χ2v) is 5.14. The number of imidazole rings is 1. The summed E-state index contributed by atoms with van der Waals surface area (Å²) in [6, 6.07) is 3.40. The summed E-state index contributed by atoms with van der Waals surface area (Å²) in [4.78, 5) is 19.6. The predicted molar refractivity (Wildman–Crippen MR) is 72.9 cm³/mol. The Balaban J connectivity index is 1.63. The molecule has 2 unspecified atom stereocenters. The van der Waals surface area contributed by atoms with E-state index in [1.807, 2.05) is 26.0 Å². The zero-order valence-electron chi connectivity index (χ0n) is 11.6. The van der Waals surface area contributed by atoms with Crippen molar-refractivity contribution < 1.29 is 9.21 Å². The molecule has 0 aromatic carbocycles. The summed E-state index contributed by atoms with van der Waals surface area (Å²) in [6.07, 6.45) is 2.27. The third-order valence-electron chi connectivity index (χ3n) is 3.59. The van der Waals surface area contributed by atoms with Crippen LogP contribution in [0.3, 0.4) is 0 Å². The van der Waals surface area contributed by atoms with Gasteiger partial charge >= 0.3 is 0 Å². The van der Waals surface area contributed by atoms with Crippen LogP contribution in [0.1, 0.15) is 35.9 Å². The number of carbonyl (C=O) groups excluding carboxylic acids is 1. The molecule has 2 aromatic heterocycles. The van der Waals surface area contributed by atoms with Gasteiger partial charge in [-0.25, -0.2) is 4.98 Å². The molecule has 0 bridgehead atoms. The van der Waals surface area contributed by atoms with E-state index >= 15 is 0 Å². The van der Waals surface area contributed by atoms with Crippen LogP contribution in [-0.4, -0.2) is 21.9 Å². The smallest absolute Gasteiger partial charge is 0.238 e. The average Bonchev–Trinajstić information content (AvgIpc) is 3.05. The van der Waals surface area contributed by atoms with Gasteiger partial charge in [0.2, 0.25) is 5.91 Å². The Morgan fingerprint density at radius 3 is 3.15 bits per heavy atom. The topological polar surface area (TPSA) is 83.0 Å². The fraction of sp³-hybridized carbons (Fsp3) is 0.429. The molecule has 20 heavy (non-hydrogen) atoms. The number of hydrogen-bond donors (Lipinski definition) is 3. The van der Waals surface area contributed by atoms with Crippen LogP contribution in [0.15, 0.2) is 22.9 Å². The first kappa shape index (κ1) is 12.9. The van der Waals surface area contributed by atoms with Crippen molar-refractivity contribution in [2.45, 2.75) is 38.9 Å². The summed E-state index contributed by atoms with van der Waals surface area (Å²) in [5, 5.41) is 6.18. The Labute approximate surface area is 117 Å². The lowest BCUT2D eigenvalue weighted by atomic mass is 10.0. The van der Waals surface area contributed by atoms with Gasteiger partial charge < -0.3 is 14.7 Å². The molecule has 0 aliphatic carbocycles. The monoisotopic (exact) mass is 274 g/mol. The molecule has 0 saturated carbocycles. The van der Waals surface area contributed by atoms with Crippen LogP contribution in [0.4, 0.5) is 0 Å². The van der Waals surface area contributed by atoms with Gasteiger partial charge in [0, 0.05) is 13.0 Å². The van der Waals surface area contributed by atoms with Crippen LogP contribution < -0.4 is 10.6 Å². The van der Waals surface area contributed by atoms with Crippen molar-refractivity contribution in [3.05, 3.63) is 41.4 Å².